The number of nitrogens with one attached hydrogen (secondary N) is 1. The second kappa shape index (κ2) is 9.28. The van der Waals surface area contributed by atoms with Gasteiger partial charge in [0.25, 0.3) is 5.91 Å². The van der Waals surface area contributed by atoms with E-state index in [-0.39, 0.29) is 18.1 Å². The molecule has 0 aliphatic rings. The minimum Gasteiger partial charge on any atom is -0.489 e. The number of amides is 1. The summed E-state index contributed by atoms with van der Waals surface area (Å²) in [6, 6.07) is 13.9. The molecule has 0 aliphatic heterocycles. The van der Waals surface area contributed by atoms with Crippen LogP contribution in [-0.4, -0.2) is 20.8 Å². The van der Waals surface area contributed by atoms with Crippen LogP contribution in [0.25, 0.3) is 0 Å². The van der Waals surface area contributed by atoms with E-state index in [1.54, 1.807) is 6.92 Å². The van der Waals surface area contributed by atoms with Crippen molar-refractivity contribution in [1.29, 1.82) is 0 Å². The first-order valence-electron chi connectivity index (χ1n) is 10.6. The first-order valence-corrected chi connectivity index (χ1v) is 10.6. The summed E-state index contributed by atoms with van der Waals surface area (Å²) in [4.78, 5) is 13.0. The number of aromatic nitrogens is 3. The number of hydrogen-bond acceptors (Lipinski definition) is 5. The molecule has 33 heavy (non-hydrogen) atoms. The molecule has 2 aromatic carbocycles. The second-order valence-corrected chi connectivity index (χ2v) is 7.95. The van der Waals surface area contributed by atoms with Gasteiger partial charge >= 0.3 is 0 Å². The average Bonchev–Trinajstić information content (AvgIpc) is 3.29. The van der Waals surface area contributed by atoms with Crippen LogP contribution in [0.15, 0.2) is 53.1 Å². The fourth-order valence-corrected chi connectivity index (χ4v) is 3.50. The van der Waals surface area contributed by atoms with Gasteiger partial charge in [-0.3, -0.25) is 9.48 Å². The summed E-state index contributed by atoms with van der Waals surface area (Å²) in [6.07, 6.45) is 0. The van der Waals surface area contributed by atoms with Crippen molar-refractivity contribution < 1.29 is 18.4 Å². The van der Waals surface area contributed by atoms with E-state index in [0.29, 0.717) is 35.0 Å². The van der Waals surface area contributed by atoms with Gasteiger partial charge in [-0.2, -0.15) is 5.10 Å². The fourth-order valence-electron chi connectivity index (χ4n) is 3.50. The third-order valence-corrected chi connectivity index (χ3v) is 5.47. The van der Waals surface area contributed by atoms with Gasteiger partial charge < -0.3 is 14.6 Å². The van der Waals surface area contributed by atoms with Crippen molar-refractivity contribution in [1.82, 2.24) is 14.9 Å². The molecule has 4 rings (SSSR count). The maximum absolute atomic E-state index is 13.1. The number of hydrogen-bond donors (Lipinski definition) is 1. The summed E-state index contributed by atoms with van der Waals surface area (Å²) in [5, 5.41) is 11.4. The normalized spacial score (nSPS) is 10.9. The minimum absolute atomic E-state index is 0.0639. The maximum Gasteiger partial charge on any atom is 0.278 e. The van der Waals surface area contributed by atoms with Crippen molar-refractivity contribution in [2.45, 2.75) is 40.8 Å². The Bertz CT molecular complexity index is 1270. The summed E-state index contributed by atoms with van der Waals surface area (Å²) in [7, 11) is 0. The van der Waals surface area contributed by atoms with Gasteiger partial charge in [-0.25, -0.2) is 4.39 Å². The molecule has 7 nitrogen and oxygen atoms in total. The number of halogens is 1. The zero-order valence-corrected chi connectivity index (χ0v) is 19.0. The Balaban J connectivity index is 1.50. The summed E-state index contributed by atoms with van der Waals surface area (Å²) >= 11 is 0. The van der Waals surface area contributed by atoms with Crippen LogP contribution in [0.4, 0.5) is 10.1 Å². The Morgan fingerprint density at radius 3 is 2.45 bits per heavy atom. The highest BCUT2D eigenvalue weighted by molar-refractivity contribution is 6.04. The molecule has 0 radical (unpaired) electrons. The molecule has 0 saturated heterocycles. The number of carbonyl (C=O) groups excluding carboxylic acids is 1. The molecule has 170 valence electrons. The van der Waals surface area contributed by atoms with E-state index in [0.717, 1.165) is 11.3 Å². The van der Waals surface area contributed by atoms with Crippen molar-refractivity contribution in [3.05, 3.63) is 93.9 Å². The van der Waals surface area contributed by atoms with Crippen LogP contribution in [0.3, 0.4) is 0 Å². The van der Waals surface area contributed by atoms with Crippen LogP contribution in [-0.2, 0) is 13.2 Å². The molecule has 0 bridgehead atoms. The van der Waals surface area contributed by atoms with Gasteiger partial charge in [0.2, 0.25) is 0 Å². The zero-order valence-electron chi connectivity index (χ0n) is 19.0. The van der Waals surface area contributed by atoms with Crippen molar-refractivity contribution in [3.8, 4) is 5.75 Å². The highest BCUT2D eigenvalue weighted by Crippen LogP contribution is 2.23. The number of nitrogens with zero attached hydrogens (tertiary/aromatic N) is 3. The Hall–Kier alpha value is -3.94. The average molecular weight is 448 g/mol. The quantitative estimate of drug-likeness (QED) is 0.424. The lowest BCUT2D eigenvalue weighted by Gasteiger charge is -2.08. The Morgan fingerprint density at radius 1 is 1.06 bits per heavy atom. The maximum atomic E-state index is 13.1. The molecule has 1 amide bonds. The molecule has 2 heterocycles. The van der Waals surface area contributed by atoms with Crippen LogP contribution < -0.4 is 10.1 Å². The van der Waals surface area contributed by atoms with E-state index in [1.807, 2.05) is 25.5 Å². The van der Waals surface area contributed by atoms with E-state index in [4.69, 9.17) is 9.26 Å². The highest BCUT2D eigenvalue weighted by Gasteiger charge is 2.23. The number of ether oxygens (including phenoxy) is 1. The van der Waals surface area contributed by atoms with Crippen LogP contribution >= 0.6 is 0 Å². The van der Waals surface area contributed by atoms with Crippen LogP contribution in [0.1, 0.15) is 44.3 Å². The third-order valence-electron chi connectivity index (χ3n) is 5.47. The van der Waals surface area contributed by atoms with Crippen molar-refractivity contribution >= 4 is 11.6 Å². The second-order valence-electron chi connectivity index (χ2n) is 7.95. The van der Waals surface area contributed by atoms with Gasteiger partial charge in [-0.1, -0.05) is 35.0 Å². The Kier molecular flexibility index (Phi) is 6.26. The third kappa shape index (κ3) is 4.95. The molecule has 0 unspecified atom stereocenters. The van der Waals surface area contributed by atoms with Crippen molar-refractivity contribution in [3.63, 3.8) is 0 Å². The van der Waals surface area contributed by atoms with E-state index in [2.05, 4.69) is 39.8 Å². The number of carbonyl (C=O) groups is 1. The molecular formula is C25H25FN4O3. The molecule has 0 fully saturated rings. The van der Waals surface area contributed by atoms with Gasteiger partial charge in [0.15, 0.2) is 5.69 Å². The first-order chi connectivity index (χ1) is 15.8. The predicted molar refractivity (Wildman–Crippen MR) is 122 cm³/mol. The summed E-state index contributed by atoms with van der Waals surface area (Å²) in [6.45, 7) is 8.18. The van der Waals surface area contributed by atoms with Crippen LogP contribution in [0, 0.1) is 33.5 Å². The lowest BCUT2D eigenvalue weighted by molar-refractivity contribution is 0.101. The standard InChI is InChI=1S/C25H25FN4O3/c1-15-5-7-19(8-6-15)13-30-17(3)23(16(2)28-30)27-25(31)24-22(18(4)33-29-24)14-32-21-11-9-20(26)10-12-21/h5-12H,13-14H2,1-4H3,(H,27,31). The first kappa shape index (κ1) is 22.3. The number of anilines is 1. The number of aryl methyl sites for hydroxylation is 3. The van der Waals surface area contributed by atoms with Crippen LogP contribution in [0.2, 0.25) is 0 Å². The van der Waals surface area contributed by atoms with Crippen molar-refractivity contribution in [2.75, 3.05) is 5.32 Å². The molecule has 4 aromatic rings. The minimum atomic E-state index is -0.411. The number of benzene rings is 2. The van der Waals surface area contributed by atoms with E-state index >= 15 is 0 Å². The molecule has 0 aliphatic carbocycles. The van der Waals surface area contributed by atoms with Crippen LogP contribution in [0.5, 0.6) is 5.75 Å². The largest absolute Gasteiger partial charge is 0.489 e. The smallest absolute Gasteiger partial charge is 0.278 e. The lowest BCUT2D eigenvalue weighted by atomic mass is 10.1. The van der Waals surface area contributed by atoms with E-state index in [1.165, 1.54) is 29.8 Å². The predicted octanol–water partition coefficient (Wildman–Crippen LogP) is 5.12. The number of rotatable bonds is 7. The zero-order chi connectivity index (χ0) is 23.5. The monoisotopic (exact) mass is 448 g/mol. The molecule has 0 atom stereocenters. The fraction of sp³-hybridized carbons (Fsp3) is 0.240. The lowest BCUT2D eigenvalue weighted by Crippen LogP contribution is -2.16. The van der Waals surface area contributed by atoms with Gasteiger partial charge in [-0.05, 0) is 57.5 Å². The molecule has 2 aromatic heterocycles. The topological polar surface area (TPSA) is 82.2 Å². The van der Waals surface area contributed by atoms with Gasteiger partial charge in [-0.15, -0.1) is 0 Å². The molecule has 1 N–H and O–H groups in total. The molecular weight excluding hydrogens is 423 g/mol. The van der Waals surface area contributed by atoms with Gasteiger partial charge in [0.05, 0.1) is 29.2 Å². The van der Waals surface area contributed by atoms with Gasteiger partial charge in [0.1, 0.15) is 23.9 Å². The van der Waals surface area contributed by atoms with E-state index in [9.17, 15) is 9.18 Å². The molecule has 8 heteroatoms. The van der Waals surface area contributed by atoms with E-state index < -0.39 is 5.91 Å². The Morgan fingerprint density at radius 2 is 1.76 bits per heavy atom. The Labute approximate surface area is 191 Å². The van der Waals surface area contributed by atoms with Gasteiger partial charge in [0, 0.05) is 0 Å². The highest BCUT2D eigenvalue weighted by atomic mass is 19.1. The van der Waals surface area contributed by atoms with Crippen molar-refractivity contribution in [2.24, 2.45) is 0 Å². The summed E-state index contributed by atoms with van der Waals surface area (Å²) in [5.74, 6) is 0.195. The molecule has 0 saturated carbocycles. The SMILES string of the molecule is Cc1ccc(Cn2nc(C)c(NC(=O)c3noc(C)c3COc3ccc(F)cc3)c2C)cc1. The molecule has 0 spiro atoms. The summed E-state index contributed by atoms with van der Waals surface area (Å²) < 4.78 is 25.9. The summed E-state index contributed by atoms with van der Waals surface area (Å²) in [5.41, 5.74) is 5.17.